The summed E-state index contributed by atoms with van der Waals surface area (Å²) in [6.45, 7) is 6.39. The van der Waals surface area contributed by atoms with Crippen molar-refractivity contribution in [3.63, 3.8) is 0 Å². The van der Waals surface area contributed by atoms with E-state index < -0.39 is 6.10 Å². The monoisotopic (exact) mass is 825 g/mol. The maximum atomic E-state index is 12.8. The van der Waals surface area contributed by atoms with Gasteiger partial charge < -0.3 is 14.2 Å². The second-order valence-electron chi connectivity index (χ2n) is 16.3. The van der Waals surface area contributed by atoms with Crippen LogP contribution in [0.5, 0.6) is 0 Å². The Morgan fingerprint density at radius 3 is 1.03 bits per heavy atom. The van der Waals surface area contributed by atoms with Crippen molar-refractivity contribution in [1.82, 2.24) is 0 Å². The Labute approximate surface area is 364 Å². The average molecular weight is 825 g/mol. The minimum absolute atomic E-state index is 0.0864. The van der Waals surface area contributed by atoms with Gasteiger partial charge in [-0.15, -0.1) is 0 Å². The number of hydrogen-bond donors (Lipinski definition) is 0. The van der Waals surface area contributed by atoms with E-state index in [0.29, 0.717) is 19.3 Å². The summed E-state index contributed by atoms with van der Waals surface area (Å²) in [5.74, 6) is -0.922. The zero-order chi connectivity index (χ0) is 43.0. The van der Waals surface area contributed by atoms with Gasteiger partial charge in [-0.05, 0) is 77.0 Å². The first-order chi connectivity index (χ1) is 29.0. The molecule has 0 aromatic rings. The molecule has 0 bridgehead atoms. The predicted molar refractivity (Wildman–Crippen MR) is 251 cm³/mol. The first-order valence-corrected chi connectivity index (χ1v) is 24.8. The lowest BCUT2D eigenvalue weighted by molar-refractivity contribution is -0.167. The van der Waals surface area contributed by atoms with Gasteiger partial charge in [0.25, 0.3) is 0 Å². The second-order valence-corrected chi connectivity index (χ2v) is 16.3. The van der Waals surface area contributed by atoms with Crippen molar-refractivity contribution >= 4 is 17.9 Å². The quantitative estimate of drug-likeness (QED) is 0.0263. The first kappa shape index (κ1) is 56.1. The standard InChI is InChI=1S/C53H92O6/c1-4-7-10-13-16-19-22-25-27-29-31-34-37-40-43-46-52(55)58-49-50(48-57-51(54)45-42-39-36-33-30-24-21-18-15-12-9-6-3)59-53(56)47-44-41-38-35-32-28-26-23-20-17-14-11-8-5-2/h8-9,11-12,17-18,20-21,26,28,50H,4-7,10,13-16,19,22-25,27,29-49H2,1-3H3/b11-8-,12-9-,20-17-,21-18-,28-26-. The summed E-state index contributed by atoms with van der Waals surface area (Å²) in [7, 11) is 0. The van der Waals surface area contributed by atoms with Crippen LogP contribution in [0.2, 0.25) is 0 Å². The Bertz CT molecular complexity index is 1090. The third-order valence-corrected chi connectivity index (χ3v) is 10.5. The Hall–Kier alpha value is -2.89. The Morgan fingerprint density at radius 1 is 0.356 bits per heavy atom. The van der Waals surface area contributed by atoms with E-state index >= 15 is 0 Å². The van der Waals surface area contributed by atoms with E-state index in [0.717, 1.165) is 122 Å². The summed E-state index contributed by atoms with van der Waals surface area (Å²) < 4.78 is 16.7. The second kappa shape index (κ2) is 47.8. The zero-order valence-electron chi connectivity index (χ0n) is 38.8. The van der Waals surface area contributed by atoms with Crippen LogP contribution in [-0.4, -0.2) is 37.2 Å². The van der Waals surface area contributed by atoms with Crippen LogP contribution in [0.25, 0.3) is 0 Å². The highest BCUT2D eigenvalue weighted by Gasteiger charge is 2.19. The number of esters is 3. The number of hydrogen-bond acceptors (Lipinski definition) is 6. The van der Waals surface area contributed by atoms with Gasteiger partial charge in [-0.25, -0.2) is 0 Å². The van der Waals surface area contributed by atoms with E-state index in [1.807, 2.05) is 0 Å². The molecular formula is C53H92O6. The van der Waals surface area contributed by atoms with Crippen LogP contribution in [-0.2, 0) is 28.6 Å². The zero-order valence-corrected chi connectivity index (χ0v) is 38.8. The largest absolute Gasteiger partial charge is 0.462 e. The van der Waals surface area contributed by atoms with E-state index in [-0.39, 0.29) is 31.1 Å². The van der Waals surface area contributed by atoms with Crippen LogP contribution >= 0.6 is 0 Å². The molecule has 1 atom stereocenters. The maximum Gasteiger partial charge on any atom is 0.306 e. The molecule has 59 heavy (non-hydrogen) atoms. The number of carbonyl (C=O) groups excluding carboxylic acids is 3. The molecule has 6 nitrogen and oxygen atoms in total. The normalized spacial score (nSPS) is 12.5. The minimum atomic E-state index is -0.788. The Balaban J connectivity index is 4.41. The summed E-state index contributed by atoms with van der Waals surface area (Å²) in [5, 5.41) is 0. The first-order valence-electron chi connectivity index (χ1n) is 24.8. The lowest BCUT2D eigenvalue weighted by Crippen LogP contribution is -2.30. The SMILES string of the molecule is CC/C=C\C/C=C\C/C=C\CCCCCCC(=O)OC(COC(=O)CCCCCCC/C=C\C/C=C\CC)COC(=O)CCCCCCCCCCCCCCCCC. The van der Waals surface area contributed by atoms with Crippen molar-refractivity contribution in [3.05, 3.63) is 60.8 Å². The average Bonchev–Trinajstić information content (AvgIpc) is 3.23. The van der Waals surface area contributed by atoms with Crippen LogP contribution in [0.4, 0.5) is 0 Å². The number of rotatable bonds is 44. The van der Waals surface area contributed by atoms with Crippen LogP contribution < -0.4 is 0 Å². The van der Waals surface area contributed by atoms with Crippen LogP contribution in [0.3, 0.4) is 0 Å². The molecular weight excluding hydrogens is 733 g/mol. The number of carbonyl (C=O) groups is 3. The highest BCUT2D eigenvalue weighted by atomic mass is 16.6. The minimum Gasteiger partial charge on any atom is -0.462 e. The van der Waals surface area contributed by atoms with E-state index in [1.54, 1.807) is 0 Å². The molecule has 0 aromatic heterocycles. The van der Waals surface area contributed by atoms with Gasteiger partial charge >= 0.3 is 17.9 Å². The summed E-state index contributed by atoms with van der Waals surface area (Å²) in [4.78, 5) is 37.9. The summed E-state index contributed by atoms with van der Waals surface area (Å²) in [5.41, 5.74) is 0. The molecule has 0 aliphatic carbocycles. The molecule has 0 fully saturated rings. The summed E-state index contributed by atoms with van der Waals surface area (Å²) in [6.07, 6.45) is 57.8. The molecule has 0 heterocycles. The van der Waals surface area contributed by atoms with Crippen LogP contribution in [0, 0.1) is 0 Å². The van der Waals surface area contributed by atoms with Gasteiger partial charge in [-0.1, -0.05) is 204 Å². The predicted octanol–water partition coefficient (Wildman–Crippen LogP) is 16.1. The summed E-state index contributed by atoms with van der Waals surface area (Å²) >= 11 is 0. The van der Waals surface area contributed by atoms with E-state index in [2.05, 4.69) is 81.5 Å². The van der Waals surface area contributed by atoms with Gasteiger partial charge in [0.1, 0.15) is 13.2 Å². The van der Waals surface area contributed by atoms with Crippen molar-refractivity contribution in [3.8, 4) is 0 Å². The van der Waals surface area contributed by atoms with Gasteiger partial charge in [0, 0.05) is 19.3 Å². The van der Waals surface area contributed by atoms with Crippen molar-refractivity contribution in [1.29, 1.82) is 0 Å². The molecule has 0 aliphatic heterocycles. The molecule has 0 aliphatic rings. The van der Waals surface area contributed by atoms with E-state index in [4.69, 9.17) is 14.2 Å². The van der Waals surface area contributed by atoms with Gasteiger partial charge in [-0.2, -0.15) is 0 Å². The number of unbranched alkanes of at least 4 members (excludes halogenated alkanes) is 23. The van der Waals surface area contributed by atoms with Gasteiger partial charge in [0.15, 0.2) is 6.10 Å². The topological polar surface area (TPSA) is 78.9 Å². The third-order valence-electron chi connectivity index (χ3n) is 10.5. The van der Waals surface area contributed by atoms with Crippen molar-refractivity contribution < 1.29 is 28.6 Å². The molecule has 0 radical (unpaired) electrons. The molecule has 0 saturated heterocycles. The molecule has 0 N–H and O–H groups in total. The van der Waals surface area contributed by atoms with Gasteiger partial charge in [-0.3, -0.25) is 14.4 Å². The molecule has 1 unspecified atom stereocenters. The Morgan fingerprint density at radius 2 is 0.661 bits per heavy atom. The molecule has 0 amide bonds. The molecule has 0 aromatic carbocycles. The highest BCUT2D eigenvalue weighted by Crippen LogP contribution is 2.15. The molecule has 0 saturated carbocycles. The number of allylic oxidation sites excluding steroid dienone is 10. The van der Waals surface area contributed by atoms with Gasteiger partial charge in [0.2, 0.25) is 0 Å². The Kier molecular flexibility index (Phi) is 45.4. The van der Waals surface area contributed by atoms with Crippen molar-refractivity contribution in [2.24, 2.45) is 0 Å². The van der Waals surface area contributed by atoms with Crippen LogP contribution in [0.1, 0.15) is 239 Å². The molecule has 340 valence electrons. The lowest BCUT2D eigenvalue weighted by atomic mass is 10.0. The molecule has 6 heteroatoms. The fourth-order valence-electron chi connectivity index (χ4n) is 6.85. The molecule has 0 rings (SSSR count). The molecule has 0 spiro atoms. The van der Waals surface area contributed by atoms with E-state index in [9.17, 15) is 14.4 Å². The maximum absolute atomic E-state index is 12.8. The van der Waals surface area contributed by atoms with Gasteiger partial charge in [0.05, 0.1) is 0 Å². The van der Waals surface area contributed by atoms with Crippen molar-refractivity contribution in [2.75, 3.05) is 13.2 Å². The highest BCUT2D eigenvalue weighted by molar-refractivity contribution is 5.71. The fraction of sp³-hybridized carbons (Fsp3) is 0.755. The summed E-state index contributed by atoms with van der Waals surface area (Å²) in [6, 6.07) is 0. The lowest BCUT2D eigenvalue weighted by Gasteiger charge is -2.18. The van der Waals surface area contributed by atoms with Crippen LogP contribution in [0.15, 0.2) is 60.8 Å². The van der Waals surface area contributed by atoms with Crippen molar-refractivity contribution in [2.45, 2.75) is 245 Å². The third kappa shape index (κ3) is 46.0. The van der Waals surface area contributed by atoms with E-state index in [1.165, 1.54) is 77.0 Å². The smallest absolute Gasteiger partial charge is 0.306 e. The fourth-order valence-corrected chi connectivity index (χ4v) is 6.85. The number of ether oxygens (including phenoxy) is 3.